The van der Waals surface area contributed by atoms with E-state index in [2.05, 4.69) is 26.6 Å². The molecule has 1 atom stereocenters. The summed E-state index contributed by atoms with van der Waals surface area (Å²) in [5.41, 5.74) is 0.496. The molecule has 2 N–H and O–H groups in total. The quantitative estimate of drug-likeness (QED) is 0.873. The highest BCUT2D eigenvalue weighted by molar-refractivity contribution is 9.10. The molecule has 1 aromatic rings. The second kappa shape index (κ2) is 4.83. The maximum absolute atomic E-state index is 12.8. The Kier molecular flexibility index (Phi) is 3.42. The molecular weight excluding hydrogens is 291 g/mol. The lowest BCUT2D eigenvalue weighted by Gasteiger charge is -2.10. The first kappa shape index (κ1) is 12.0. The number of benzene rings is 1. The van der Waals surface area contributed by atoms with E-state index in [1.807, 2.05) is 0 Å². The standard InChI is InChI=1S/C11H10BrFN2O2/c12-8-4-7(13)1-2-9(8)15-11(17)6-3-10(16)14-5-6/h1-2,4,6H,3,5H2,(H,14,16)(H,15,17). The van der Waals surface area contributed by atoms with E-state index in [0.29, 0.717) is 16.7 Å². The van der Waals surface area contributed by atoms with Gasteiger partial charge in [0.15, 0.2) is 0 Å². The van der Waals surface area contributed by atoms with E-state index in [0.717, 1.165) is 0 Å². The number of carbonyl (C=O) groups is 2. The molecular formula is C11H10BrFN2O2. The average molecular weight is 301 g/mol. The molecule has 6 heteroatoms. The molecule has 4 nitrogen and oxygen atoms in total. The van der Waals surface area contributed by atoms with E-state index < -0.39 is 0 Å². The van der Waals surface area contributed by atoms with Crippen LogP contribution in [0.2, 0.25) is 0 Å². The van der Waals surface area contributed by atoms with E-state index >= 15 is 0 Å². The molecule has 0 aliphatic carbocycles. The highest BCUT2D eigenvalue weighted by Gasteiger charge is 2.28. The molecule has 1 saturated heterocycles. The number of anilines is 1. The van der Waals surface area contributed by atoms with Crippen molar-refractivity contribution in [1.82, 2.24) is 5.32 Å². The Balaban J connectivity index is 2.05. The summed E-state index contributed by atoms with van der Waals surface area (Å²) in [7, 11) is 0. The van der Waals surface area contributed by atoms with Crippen LogP contribution >= 0.6 is 15.9 Å². The number of rotatable bonds is 2. The van der Waals surface area contributed by atoms with E-state index in [1.54, 1.807) is 0 Å². The number of nitrogens with one attached hydrogen (secondary N) is 2. The molecule has 0 saturated carbocycles. The molecule has 0 bridgehead atoms. The lowest BCUT2D eigenvalue weighted by molar-refractivity contribution is -0.123. The Morgan fingerprint density at radius 2 is 2.29 bits per heavy atom. The number of hydrogen-bond acceptors (Lipinski definition) is 2. The van der Waals surface area contributed by atoms with Gasteiger partial charge in [0.05, 0.1) is 11.6 Å². The van der Waals surface area contributed by atoms with Gasteiger partial charge in [-0.2, -0.15) is 0 Å². The molecule has 0 spiro atoms. The molecule has 1 aliphatic heterocycles. The first-order valence-corrected chi connectivity index (χ1v) is 5.88. The van der Waals surface area contributed by atoms with E-state index in [-0.39, 0.29) is 30.0 Å². The summed E-state index contributed by atoms with van der Waals surface area (Å²) in [5.74, 6) is -1.11. The van der Waals surface area contributed by atoms with Gasteiger partial charge in [-0.25, -0.2) is 4.39 Å². The summed E-state index contributed by atoms with van der Waals surface area (Å²) >= 11 is 3.16. The maximum atomic E-state index is 12.8. The minimum atomic E-state index is -0.382. The van der Waals surface area contributed by atoms with Crippen LogP contribution in [0.5, 0.6) is 0 Å². The van der Waals surface area contributed by atoms with Crippen LogP contribution in [0.1, 0.15) is 6.42 Å². The van der Waals surface area contributed by atoms with Crippen molar-refractivity contribution >= 4 is 33.4 Å². The molecule has 1 aromatic carbocycles. The summed E-state index contributed by atoms with van der Waals surface area (Å²) in [5, 5.41) is 5.24. The largest absolute Gasteiger partial charge is 0.355 e. The zero-order valence-corrected chi connectivity index (χ0v) is 10.4. The van der Waals surface area contributed by atoms with Crippen LogP contribution in [-0.4, -0.2) is 18.4 Å². The molecule has 1 unspecified atom stereocenters. The third kappa shape index (κ3) is 2.82. The van der Waals surface area contributed by atoms with Crippen molar-refractivity contribution in [3.63, 3.8) is 0 Å². The summed E-state index contributed by atoms with van der Waals surface area (Å²) < 4.78 is 13.3. The zero-order chi connectivity index (χ0) is 12.4. The SMILES string of the molecule is O=C1CC(C(=O)Nc2ccc(F)cc2Br)CN1. The zero-order valence-electron chi connectivity index (χ0n) is 8.80. The summed E-state index contributed by atoms with van der Waals surface area (Å²) in [6.45, 7) is 0.351. The Bertz CT molecular complexity index is 479. The minimum absolute atomic E-state index is 0.122. The van der Waals surface area contributed by atoms with Crippen LogP contribution in [0.25, 0.3) is 0 Å². The van der Waals surface area contributed by atoms with Crippen molar-refractivity contribution in [3.8, 4) is 0 Å². The normalized spacial score (nSPS) is 18.9. The van der Waals surface area contributed by atoms with Crippen molar-refractivity contribution in [1.29, 1.82) is 0 Å². The van der Waals surface area contributed by atoms with Crippen molar-refractivity contribution in [2.45, 2.75) is 6.42 Å². The van der Waals surface area contributed by atoms with Gasteiger partial charge in [-0.15, -0.1) is 0 Å². The van der Waals surface area contributed by atoms with Crippen LogP contribution < -0.4 is 10.6 Å². The van der Waals surface area contributed by atoms with E-state index in [4.69, 9.17) is 0 Å². The fourth-order valence-corrected chi connectivity index (χ4v) is 2.07. The Morgan fingerprint density at radius 3 is 2.88 bits per heavy atom. The fourth-order valence-electron chi connectivity index (χ4n) is 1.62. The molecule has 2 amide bonds. The average Bonchev–Trinajstić information content (AvgIpc) is 2.69. The minimum Gasteiger partial charge on any atom is -0.355 e. The molecule has 90 valence electrons. The van der Waals surface area contributed by atoms with Gasteiger partial charge in [0.25, 0.3) is 0 Å². The van der Waals surface area contributed by atoms with Crippen LogP contribution in [0.15, 0.2) is 22.7 Å². The van der Waals surface area contributed by atoms with Crippen molar-refractivity contribution in [2.75, 3.05) is 11.9 Å². The first-order chi connectivity index (χ1) is 8.06. The van der Waals surface area contributed by atoms with Gasteiger partial charge in [0.2, 0.25) is 11.8 Å². The smallest absolute Gasteiger partial charge is 0.229 e. The number of amides is 2. The second-order valence-corrected chi connectivity index (χ2v) is 4.67. The predicted octanol–water partition coefficient (Wildman–Crippen LogP) is 1.66. The fraction of sp³-hybridized carbons (Fsp3) is 0.273. The maximum Gasteiger partial charge on any atom is 0.229 e. The third-order valence-corrected chi connectivity index (χ3v) is 3.19. The Hall–Kier alpha value is -1.43. The van der Waals surface area contributed by atoms with Crippen LogP contribution in [0.3, 0.4) is 0 Å². The van der Waals surface area contributed by atoms with E-state index in [1.165, 1.54) is 18.2 Å². The Morgan fingerprint density at radius 1 is 1.53 bits per heavy atom. The Labute approximate surface area is 106 Å². The number of halogens is 2. The summed E-state index contributed by atoms with van der Waals surface area (Å²) in [6, 6.07) is 4.01. The summed E-state index contributed by atoms with van der Waals surface area (Å²) in [4.78, 5) is 22.8. The molecule has 2 rings (SSSR count). The molecule has 1 heterocycles. The molecule has 1 aliphatic rings. The highest BCUT2D eigenvalue weighted by Crippen LogP contribution is 2.24. The number of hydrogen-bond donors (Lipinski definition) is 2. The van der Waals surface area contributed by atoms with E-state index in [9.17, 15) is 14.0 Å². The lowest BCUT2D eigenvalue weighted by Crippen LogP contribution is -2.24. The van der Waals surface area contributed by atoms with Gasteiger partial charge >= 0.3 is 0 Å². The van der Waals surface area contributed by atoms with Gasteiger partial charge in [-0.1, -0.05) is 0 Å². The molecule has 1 fully saturated rings. The molecule has 0 radical (unpaired) electrons. The van der Waals surface area contributed by atoms with Gasteiger partial charge in [-0.3, -0.25) is 9.59 Å². The van der Waals surface area contributed by atoms with Crippen LogP contribution in [0.4, 0.5) is 10.1 Å². The third-order valence-electron chi connectivity index (χ3n) is 2.54. The number of carbonyl (C=O) groups excluding carboxylic acids is 2. The van der Waals surface area contributed by atoms with Gasteiger partial charge < -0.3 is 10.6 Å². The van der Waals surface area contributed by atoms with Gasteiger partial charge in [0, 0.05) is 17.4 Å². The lowest BCUT2D eigenvalue weighted by atomic mass is 10.1. The monoisotopic (exact) mass is 300 g/mol. The predicted molar refractivity (Wildman–Crippen MR) is 63.8 cm³/mol. The molecule has 17 heavy (non-hydrogen) atoms. The van der Waals surface area contributed by atoms with Crippen molar-refractivity contribution in [2.24, 2.45) is 5.92 Å². The second-order valence-electron chi connectivity index (χ2n) is 3.82. The van der Waals surface area contributed by atoms with Gasteiger partial charge in [-0.05, 0) is 34.1 Å². The first-order valence-electron chi connectivity index (χ1n) is 5.09. The summed E-state index contributed by atoms with van der Waals surface area (Å²) in [6.07, 6.45) is 0.199. The topological polar surface area (TPSA) is 58.2 Å². The van der Waals surface area contributed by atoms with Gasteiger partial charge in [0.1, 0.15) is 5.82 Å². The van der Waals surface area contributed by atoms with Crippen LogP contribution in [-0.2, 0) is 9.59 Å². The highest BCUT2D eigenvalue weighted by atomic mass is 79.9. The van der Waals surface area contributed by atoms with Crippen LogP contribution in [0, 0.1) is 11.7 Å². The molecule has 0 aromatic heterocycles. The van der Waals surface area contributed by atoms with Crippen molar-refractivity contribution in [3.05, 3.63) is 28.5 Å². The van der Waals surface area contributed by atoms with Crippen molar-refractivity contribution < 1.29 is 14.0 Å².